The van der Waals surface area contributed by atoms with Crippen LogP contribution >= 0.6 is 0 Å². The van der Waals surface area contributed by atoms with E-state index in [2.05, 4.69) is 22.1 Å². The number of nitrogens with two attached hydrogens (primary N) is 1. The summed E-state index contributed by atoms with van der Waals surface area (Å²) in [7, 11) is 0. The molecular weight excluding hydrogens is 259 g/mol. The summed E-state index contributed by atoms with van der Waals surface area (Å²) in [5.74, 6) is -1.11. The highest BCUT2D eigenvalue weighted by molar-refractivity contribution is 5.95. The van der Waals surface area contributed by atoms with E-state index in [9.17, 15) is 9.18 Å². The van der Waals surface area contributed by atoms with Crippen molar-refractivity contribution in [3.63, 3.8) is 0 Å². The van der Waals surface area contributed by atoms with Gasteiger partial charge in [-0.2, -0.15) is 0 Å². The van der Waals surface area contributed by atoms with Gasteiger partial charge in [-0.1, -0.05) is 6.92 Å². The number of nitrogens with one attached hydrogen (secondary N) is 1. The molecule has 0 spiro atoms. The van der Waals surface area contributed by atoms with Gasteiger partial charge in [-0.05, 0) is 37.9 Å². The predicted molar refractivity (Wildman–Crippen MR) is 75.8 cm³/mol. The van der Waals surface area contributed by atoms with E-state index in [1.54, 1.807) is 0 Å². The summed E-state index contributed by atoms with van der Waals surface area (Å²) in [6.45, 7) is 5.83. The number of likely N-dealkylation sites (tertiary alicyclic amines) is 1. The summed E-state index contributed by atoms with van der Waals surface area (Å²) < 4.78 is 13.6. The molecule has 1 atom stereocenters. The standard InChI is InChI=1S/C14H21FN4O/c1-10(9-19-6-2-3-7-19)8-18-14(20)11-4-5-17-13(16)12(11)15/h4-5,10H,2-3,6-9H2,1H3,(H2,16,17)(H,18,20). The van der Waals surface area contributed by atoms with Crippen molar-refractivity contribution in [2.75, 3.05) is 31.9 Å². The van der Waals surface area contributed by atoms with E-state index >= 15 is 0 Å². The van der Waals surface area contributed by atoms with Crippen molar-refractivity contribution >= 4 is 11.7 Å². The molecule has 110 valence electrons. The number of halogens is 1. The van der Waals surface area contributed by atoms with E-state index in [0.717, 1.165) is 19.6 Å². The van der Waals surface area contributed by atoms with Gasteiger partial charge < -0.3 is 16.0 Å². The first-order valence-electron chi connectivity index (χ1n) is 6.98. The van der Waals surface area contributed by atoms with Crippen molar-refractivity contribution in [1.82, 2.24) is 15.2 Å². The number of nitrogens with zero attached hydrogens (tertiary/aromatic N) is 2. The molecule has 1 unspecified atom stereocenters. The highest BCUT2D eigenvalue weighted by atomic mass is 19.1. The molecule has 1 amide bonds. The number of aromatic nitrogens is 1. The number of anilines is 1. The summed E-state index contributed by atoms with van der Waals surface area (Å²) in [4.78, 5) is 17.9. The number of carbonyl (C=O) groups is 1. The first kappa shape index (κ1) is 14.7. The lowest BCUT2D eigenvalue weighted by Gasteiger charge is -2.20. The zero-order valence-electron chi connectivity index (χ0n) is 11.7. The Labute approximate surface area is 118 Å². The minimum atomic E-state index is -0.753. The van der Waals surface area contributed by atoms with Crippen LogP contribution in [0.15, 0.2) is 12.3 Å². The molecule has 0 saturated carbocycles. The minimum absolute atomic E-state index is 0.0501. The summed E-state index contributed by atoms with van der Waals surface area (Å²) in [6, 6.07) is 1.34. The van der Waals surface area contributed by atoms with E-state index < -0.39 is 11.7 Å². The molecule has 3 N–H and O–H groups in total. The summed E-state index contributed by atoms with van der Waals surface area (Å²) >= 11 is 0. The Hall–Kier alpha value is -1.69. The van der Waals surface area contributed by atoms with E-state index in [1.807, 2.05) is 0 Å². The molecule has 1 aliphatic rings. The van der Waals surface area contributed by atoms with Crippen molar-refractivity contribution < 1.29 is 9.18 Å². The Morgan fingerprint density at radius 1 is 1.55 bits per heavy atom. The van der Waals surface area contributed by atoms with Gasteiger partial charge in [0.2, 0.25) is 0 Å². The van der Waals surface area contributed by atoms with Crippen LogP contribution in [0.5, 0.6) is 0 Å². The molecule has 2 heterocycles. The Bertz CT molecular complexity index is 474. The lowest BCUT2D eigenvalue weighted by atomic mass is 10.1. The number of hydrogen-bond donors (Lipinski definition) is 2. The fraction of sp³-hybridized carbons (Fsp3) is 0.571. The average Bonchev–Trinajstić information content (AvgIpc) is 2.92. The smallest absolute Gasteiger partial charge is 0.254 e. The van der Waals surface area contributed by atoms with Gasteiger partial charge in [-0.15, -0.1) is 0 Å². The van der Waals surface area contributed by atoms with Crippen molar-refractivity contribution in [1.29, 1.82) is 0 Å². The van der Waals surface area contributed by atoms with Gasteiger partial charge in [0.15, 0.2) is 11.6 Å². The molecule has 6 heteroatoms. The van der Waals surface area contributed by atoms with Crippen LogP contribution in [0.2, 0.25) is 0 Å². The van der Waals surface area contributed by atoms with E-state index in [1.165, 1.54) is 25.1 Å². The maximum Gasteiger partial charge on any atom is 0.254 e. The SMILES string of the molecule is CC(CNC(=O)c1ccnc(N)c1F)CN1CCCC1. The van der Waals surface area contributed by atoms with Crippen LogP contribution in [0, 0.1) is 11.7 Å². The highest BCUT2D eigenvalue weighted by Crippen LogP contribution is 2.12. The molecule has 1 aromatic rings. The van der Waals surface area contributed by atoms with Crippen LogP contribution in [0.25, 0.3) is 0 Å². The van der Waals surface area contributed by atoms with Crippen LogP contribution in [0.4, 0.5) is 10.2 Å². The summed E-state index contributed by atoms with van der Waals surface area (Å²) in [5, 5.41) is 2.75. The van der Waals surface area contributed by atoms with Crippen LogP contribution < -0.4 is 11.1 Å². The van der Waals surface area contributed by atoms with E-state index in [-0.39, 0.29) is 11.4 Å². The normalized spacial score (nSPS) is 17.1. The first-order chi connectivity index (χ1) is 9.58. The second-order valence-electron chi connectivity index (χ2n) is 5.38. The third-order valence-corrected chi connectivity index (χ3v) is 3.54. The van der Waals surface area contributed by atoms with Crippen LogP contribution in [-0.2, 0) is 0 Å². The Morgan fingerprint density at radius 3 is 2.95 bits per heavy atom. The molecule has 2 rings (SSSR count). The third-order valence-electron chi connectivity index (χ3n) is 3.54. The van der Waals surface area contributed by atoms with Gasteiger partial charge in [0, 0.05) is 19.3 Å². The minimum Gasteiger partial charge on any atom is -0.381 e. The van der Waals surface area contributed by atoms with Gasteiger partial charge in [0.05, 0.1) is 5.56 Å². The first-order valence-corrected chi connectivity index (χ1v) is 6.98. The van der Waals surface area contributed by atoms with Crippen molar-refractivity contribution in [2.45, 2.75) is 19.8 Å². The topological polar surface area (TPSA) is 71.2 Å². The zero-order valence-corrected chi connectivity index (χ0v) is 11.7. The zero-order chi connectivity index (χ0) is 14.5. The number of hydrogen-bond acceptors (Lipinski definition) is 4. The molecule has 0 aliphatic carbocycles. The average molecular weight is 280 g/mol. The van der Waals surface area contributed by atoms with Crippen molar-refractivity contribution in [2.24, 2.45) is 5.92 Å². The fourth-order valence-electron chi connectivity index (χ4n) is 2.47. The maximum atomic E-state index is 13.6. The van der Waals surface area contributed by atoms with Gasteiger partial charge >= 0.3 is 0 Å². The monoisotopic (exact) mass is 280 g/mol. The Kier molecular flexibility index (Phi) is 4.89. The lowest BCUT2D eigenvalue weighted by molar-refractivity contribution is 0.0941. The maximum absolute atomic E-state index is 13.6. The Morgan fingerprint density at radius 2 is 2.25 bits per heavy atom. The molecule has 1 fully saturated rings. The van der Waals surface area contributed by atoms with Gasteiger partial charge in [-0.3, -0.25) is 4.79 Å². The van der Waals surface area contributed by atoms with Crippen molar-refractivity contribution in [3.8, 4) is 0 Å². The second kappa shape index (κ2) is 6.65. The van der Waals surface area contributed by atoms with Gasteiger partial charge in [0.25, 0.3) is 5.91 Å². The Balaban J connectivity index is 1.83. The quantitative estimate of drug-likeness (QED) is 0.852. The number of carbonyl (C=O) groups excluding carboxylic acids is 1. The predicted octanol–water partition coefficient (Wildman–Crippen LogP) is 1.26. The molecule has 0 radical (unpaired) electrons. The lowest BCUT2D eigenvalue weighted by Crippen LogP contribution is -2.34. The molecule has 20 heavy (non-hydrogen) atoms. The number of nitrogen functional groups attached to an aromatic ring is 1. The summed E-state index contributed by atoms with van der Waals surface area (Å²) in [5.41, 5.74) is 5.30. The van der Waals surface area contributed by atoms with Crippen LogP contribution in [0.1, 0.15) is 30.1 Å². The van der Waals surface area contributed by atoms with E-state index in [4.69, 9.17) is 5.73 Å². The van der Waals surface area contributed by atoms with Gasteiger partial charge in [0.1, 0.15) is 0 Å². The summed E-state index contributed by atoms with van der Waals surface area (Å²) in [6.07, 6.45) is 3.84. The molecule has 1 saturated heterocycles. The van der Waals surface area contributed by atoms with Crippen LogP contribution in [0.3, 0.4) is 0 Å². The molecule has 0 bridgehead atoms. The number of pyridine rings is 1. The molecule has 5 nitrogen and oxygen atoms in total. The van der Waals surface area contributed by atoms with Crippen molar-refractivity contribution in [3.05, 3.63) is 23.6 Å². The largest absolute Gasteiger partial charge is 0.381 e. The molecule has 1 aromatic heterocycles. The van der Waals surface area contributed by atoms with E-state index in [0.29, 0.717) is 12.5 Å². The second-order valence-corrected chi connectivity index (χ2v) is 5.38. The van der Waals surface area contributed by atoms with Crippen LogP contribution in [-0.4, -0.2) is 42.0 Å². The molecular formula is C14H21FN4O. The number of rotatable bonds is 5. The third kappa shape index (κ3) is 3.66. The molecule has 0 aromatic carbocycles. The fourth-order valence-corrected chi connectivity index (χ4v) is 2.47. The van der Waals surface area contributed by atoms with Gasteiger partial charge in [-0.25, -0.2) is 9.37 Å². The number of amides is 1. The highest BCUT2D eigenvalue weighted by Gasteiger charge is 2.17. The molecule has 1 aliphatic heterocycles.